The van der Waals surface area contributed by atoms with Crippen LogP contribution in [0.1, 0.15) is 23.9 Å². The topological polar surface area (TPSA) is 108 Å². The Hall–Kier alpha value is -2.71. The van der Waals surface area contributed by atoms with Crippen LogP contribution in [0.25, 0.3) is 0 Å². The minimum atomic E-state index is -0.553. The molecule has 22 heavy (non-hydrogen) atoms. The van der Waals surface area contributed by atoms with Crippen molar-refractivity contribution in [3.8, 4) is 0 Å². The first kappa shape index (κ1) is 15.7. The summed E-state index contributed by atoms with van der Waals surface area (Å²) in [6.07, 6.45) is 1.87. The zero-order chi connectivity index (χ0) is 16.3. The maximum Gasteiger partial charge on any atom is 0.345 e. The van der Waals surface area contributed by atoms with Gasteiger partial charge in [0.15, 0.2) is 6.54 Å². The molecule has 0 unspecified atom stereocenters. The summed E-state index contributed by atoms with van der Waals surface area (Å²) in [6, 6.07) is 1.34. The third kappa shape index (κ3) is 3.48. The van der Waals surface area contributed by atoms with Crippen LogP contribution in [0.4, 0.5) is 5.82 Å². The molecule has 0 aliphatic carbocycles. The second-order valence-corrected chi connectivity index (χ2v) is 4.93. The second kappa shape index (κ2) is 6.37. The van der Waals surface area contributed by atoms with Crippen molar-refractivity contribution in [3.63, 3.8) is 0 Å². The van der Waals surface area contributed by atoms with Crippen LogP contribution in [0.5, 0.6) is 0 Å². The lowest BCUT2D eigenvalue weighted by Gasteiger charge is -2.03. The number of aromatic nitrogens is 4. The Balaban J connectivity index is 1.98. The van der Waals surface area contributed by atoms with Crippen LogP contribution >= 0.6 is 0 Å². The molecule has 2 aromatic heterocycles. The molecule has 2 aromatic rings. The van der Waals surface area contributed by atoms with Crippen molar-refractivity contribution >= 4 is 11.7 Å². The van der Waals surface area contributed by atoms with E-state index in [1.54, 1.807) is 11.6 Å². The molecular formula is C13H18N6O3. The lowest BCUT2D eigenvalue weighted by Crippen LogP contribution is -2.28. The van der Waals surface area contributed by atoms with E-state index in [0.717, 1.165) is 22.5 Å². The molecule has 1 amide bonds. The van der Waals surface area contributed by atoms with E-state index in [0.29, 0.717) is 12.2 Å². The standard InChI is InChI=1S/C13H18N6O3/c1-4-17-7-11(10(3)16-17)6-14-12(20)8-18-13(19(21)22)5-9(2)15-18/h5,7H,4,6,8H2,1-3H3,(H,14,20). The minimum absolute atomic E-state index is 0.189. The molecule has 9 nitrogen and oxygen atoms in total. The number of nitro groups is 1. The van der Waals surface area contributed by atoms with Crippen LogP contribution in [0.15, 0.2) is 12.3 Å². The van der Waals surface area contributed by atoms with E-state index < -0.39 is 4.92 Å². The van der Waals surface area contributed by atoms with Crippen molar-refractivity contribution in [2.24, 2.45) is 0 Å². The fourth-order valence-corrected chi connectivity index (χ4v) is 2.08. The monoisotopic (exact) mass is 306 g/mol. The smallest absolute Gasteiger partial charge is 0.345 e. The second-order valence-electron chi connectivity index (χ2n) is 4.93. The molecule has 0 atom stereocenters. The van der Waals surface area contributed by atoms with Gasteiger partial charge in [-0.1, -0.05) is 5.10 Å². The highest BCUT2D eigenvalue weighted by Gasteiger charge is 2.19. The van der Waals surface area contributed by atoms with Gasteiger partial charge in [-0.3, -0.25) is 9.48 Å². The number of hydrogen-bond acceptors (Lipinski definition) is 5. The maximum atomic E-state index is 11.9. The normalized spacial score (nSPS) is 10.7. The Morgan fingerprint density at radius 3 is 2.73 bits per heavy atom. The fourth-order valence-electron chi connectivity index (χ4n) is 2.08. The van der Waals surface area contributed by atoms with Crippen LogP contribution in [-0.4, -0.2) is 30.4 Å². The van der Waals surface area contributed by atoms with Gasteiger partial charge in [-0.15, -0.1) is 4.68 Å². The Labute approximate surface area is 127 Å². The first-order valence-electron chi connectivity index (χ1n) is 6.89. The quantitative estimate of drug-likeness (QED) is 0.631. The van der Waals surface area contributed by atoms with Gasteiger partial charge in [-0.05, 0) is 25.7 Å². The van der Waals surface area contributed by atoms with Gasteiger partial charge in [-0.25, -0.2) is 0 Å². The van der Waals surface area contributed by atoms with Gasteiger partial charge in [0, 0.05) is 24.8 Å². The molecule has 2 rings (SSSR count). The number of rotatable bonds is 6. The molecule has 0 aliphatic heterocycles. The third-order valence-corrected chi connectivity index (χ3v) is 3.21. The van der Waals surface area contributed by atoms with Crippen LogP contribution in [-0.2, 0) is 24.4 Å². The average molecular weight is 306 g/mol. The number of aryl methyl sites for hydroxylation is 3. The van der Waals surface area contributed by atoms with Gasteiger partial charge in [-0.2, -0.15) is 5.10 Å². The van der Waals surface area contributed by atoms with Gasteiger partial charge >= 0.3 is 5.82 Å². The highest BCUT2D eigenvalue weighted by atomic mass is 16.6. The lowest BCUT2D eigenvalue weighted by molar-refractivity contribution is -0.392. The van der Waals surface area contributed by atoms with Gasteiger partial charge in [0.05, 0.1) is 17.5 Å². The molecule has 9 heteroatoms. The Bertz CT molecular complexity index is 703. The number of carbonyl (C=O) groups excluding carboxylic acids is 1. The number of nitrogens with zero attached hydrogens (tertiary/aromatic N) is 5. The van der Waals surface area contributed by atoms with E-state index in [4.69, 9.17) is 0 Å². The summed E-state index contributed by atoms with van der Waals surface area (Å²) in [4.78, 5) is 22.3. The van der Waals surface area contributed by atoms with Gasteiger partial charge in [0.2, 0.25) is 0 Å². The zero-order valence-corrected chi connectivity index (χ0v) is 12.7. The average Bonchev–Trinajstić information content (AvgIpc) is 2.99. The summed E-state index contributed by atoms with van der Waals surface area (Å²) in [5.41, 5.74) is 2.27. The molecule has 118 valence electrons. The summed E-state index contributed by atoms with van der Waals surface area (Å²) in [6.45, 7) is 6.39. The Morgan fingerprint density at radius 2 is 2.14 bits per heavy atom. The highest BCUT2D eigenvalue weighted by molar-refractivity contribution is 5.75. The molecule has 2 heterocycles. The first-order chi connectivity index (χ1) is 10.4. The van der Waals surface area contributed by atoms with Crippen LogP contribution in [0, 0.1) is 24.0 Å². The Morgan fingerprint density at radius 1 is 1.41 bits per heavy atom. The predicted molar refractivity (Wildman–Crippen MR) is 78.1 cm³/mol. The largest absolute Gasteiger partial charge is 0.358 e. The number of nitrogens with one attached hydrogen (secondary N) is 1. The molecular weight excluding hydrogens is 288 g/mol. The highest BCUT2D eigenvalue weighted by Crippen LogP contribution is 2.12. The fraction of sp³-hybridized carbons (Fsp3) is 0.462. The molecule has 0 aliphatic rings. The van der Waals surface area contributed by atoms with E-state index in [1.807, 2.05) is 20.0 Å². The van der Waals surface area contributed by atoms with Crippen molar-refractivity contribution in [1.82, 2.24) is 24.9 Å². The molecule has 0 spiro atoms. The SMILES string of the molecule is CCn1cc(CNC(=O)Cn2nc(C)cc2[N+](=O)[O-])c(C)n1. The summed E-state index contributed by atoms with van der Waals surface area (Å²) >= 11 is 0. The van der Waals surface area contributed by atoms with Crippen molar-refractivity contribution in [1.29, 1.82) is 0 Å². The zero-order valence-electron chi connectivity index (χ0n) is 12.7. The minimum Gasteiger partial charge on any atom is -0.358 e. The summed E-state index contributed by atoms with van der Waals surface area (Å²) < 4.78 is 2.88. The van der Waals surface area contributed by atoms with Gasteiger partial charge in [0.1, 0.15) is 0 Å². The summed E-state index contributed by atoms with van der Waals surface area (Å²) in [5.74, 6) is -0.530. The van der Waals surface area contributed by atoms with E-state index in [-0.39, 0.29) is 18.3 Å². The Kier molecular flexibility index (Phi) is 4.54. The van der Waals surface area contributed by atoms with Crippen molar-refractivity contribution in [2.75, 3.05) is 0 Å². The number of carbonyl (C=O) groups is 1. The van der Waals surface area contributed by atoms with Gasteiger partial charge in [0.25, 0.3) is 5.91 Å². The van der Waals surface area contributed by atoms with E-state index in [2.05, 4.69) is 15.5 Å². The van der Waals surface area contributed by atoms with Crippen molar-refractivity contribution in [2.45, 2.75) is 40.4 Å². The van der Waals surface area contributed by atoms with Crippen molar-refractivity contribution in [3.05, 3.63) is 39.3 Å². The van der Waals surface area contributed by atoms with E-state index in [1.165, 1.54) is 6.07 Å². The first-order valence-corrected chi connectivity index (χ1v) is 6.89. The molecule has 0 saturated carbocycles. The van der Waals surface area contributed by atoms with Gasteiger partial charge < -0.3 is 15.4 Å². The molecule has 0 aromatic carbocycles. The van der Waals surface area contributed by atoms with Crippen LogP contribution in [0.3, 0.4) is 0 Å². The van der Waals surface area contributed by atoms with E-state index >= 15 is 0 Å². The predicted octanol–water partition coefficient (Wildman–Crippen LogP) is 0.941. The van der Waals surface area contributed by atoms with E-state index in [9.17, 15) is 14.9 Å². The summed E-state index contributed by atoms with van der Waals surface area (Å²) in [5, 5.41) is 21.9. The molecule has 0 radical (unpaired) electrons. The molecule has 0 fully saturated rings. The third-order valence-electron chi connectivity index (χ3n) is 3.21. The molecule has 1 N–H and O–H groups in total. The van der Waals surface area contributed by atoms with Crippen LogP contribution < -0.4 is 5.32 Å². The molecule has 0 bridgehead atoms. The van der Waals surface area contributed by atoms with Crippen molar-refractivity contribution < 1.29 is 9.72 Å². The maximum absolute atomic E-state index is 11.9. The molecule has 0 saturated heterocycles. The lowest BCUT2D eigenvalue weighted by atomic mass is 10.2. The number of hydrogen-bond donors (Lipinski definition) is 1. The summed E-state index contributed by atoms with van der Waals surface area (Å²) in [7, 11) is 0. The number of amides is 1. The van der Waals surface area contributed by atoms with Crippen LogP contribution in [0.2, 0.25) is 0 Å².